The maximum absolute atomic E-state index is 5.93. The number of hydrogen-bond acceptors (Lipinski definition) is 4. The fourth-order valence-corrected chi connectivity index (χ4v) is 2.46. The van der Waals surface area contributed by atoms with Crippen LogP contribution in [0.1, 0.15) is 19.3 Å². The van der Waals surface area contributed by atoms with Crippen molar-refractivity contribution < 1.29 is 4.74 Å². The summed E-state index contributed by atoms with van der Waals surface area (Å²) >= 11 is 0. The number of likely N-dealkylation sites (N-methyl/N-ethyl adjacent to an activating group) is 1. The summed E-state index contributed by atoms with van der Waals surface area (Å²) in [7, 11) is 6.06. The zero-order chi connectivity index (χ0) is 12.0. The van der Waals surface area contributed by atoms with Crippen molar-refractivity contribution in [2.45, 2.75) is 24.8 Å². The molecule has 1 aliphatic rings. The highest BCUT2D eigenvalue weighted by atomic mass is 16.5. The van der Waals surface area contributed by atoms with Gasteiger partial charge in [-0.25, -0.2) is 0 Å². The summed E-state index contributed by atoms with van der Waals surface area (Å²) in [4.78, 5) is 4.83. The van der Waals surface area contributed by atoms with Gasteiger partial charge in [0, 0.05) is 32.3 Å². The number of likely N-dealkylation sites (tertiary alicyclic amines) is 1. The van der Waals surface area contributed by atoms with Gasteiger partial charge in [0.15, 0.2) is 0 Å². The van der Waals surface area contributed by atoms with Crippen molar-refractivity contribution in [1.29, 1.82) is 0 Å². The number of hydrogen-bond donors (Lipinski definition) is 1. The molecular formula is C12H27N3O. The average molecular weight is 229 g/mol. The highest BCUT2D eigenvalue weighted by molar-refractivity contribution is 4.93. The Morgan fingerprint density at radius 1 is 1.31 bits per heavy atom. The third kappa shape index (κ3) is 3.42. The number of piperidine rings is 1. The summed E-state index contributed by atoms with van der Waals surface area (Å²) in [6, 6.07) is 0. The molecule has 96 valence electrons. The fourth-order valence-electron chi connectivity index (χ4n) is 2.46. The minimum absolute atomic E-state index is 0.234. The third-order valence-electron chi connectivity index (χ3n) is 3.94. The van der Waals surface area contributed by atoms with E-state index in [0.717, 1.165) is 26.1 Å². The van der Waals surface area contributed by atoms with Crippen molar-refractivity contribution in [2.24, 2.45) is 5.73 Å². The Kier molecular flexibility index (Phi) is 5.69. The van der Waals surface area contributed by atoms with Crippen molar-refractivity contribution in [1.82, 2.24) is 9.80 Å². The van der Waals surface area contributed by atoms with Crippen molar-refractivity contribution >= 4 is 0 Å². The second-order valence-electron chi connectivity index (χ2n) is 5.01. The average Bonchev–Trinajstić information content (AvgIpc) is 2.30. The van der Waals surface area contributed by atoms with E-state index in [4.69, 9.17) is 10.5 Å². The SMILES string of the molecule is COCCCN1CCC(CN)(N(C)C)CC1. The predicted octanol–water partition coefficient (Wildman–Crippen LogP) is 0.378. The minimum Gasteiger partial charge on any atom is -0.385 e. The van der Waals surface area contributed by atoms with Gasteiger partial charge < -0.3 is 20.3 Å². The van der Waals surface area contributed by atoms with Gasteiger partial charge in [0.25, 0.3) is 0 Å². The molecule has 1 aliphatic heterocycles. The van der Waals surface area contributed by atoms with Crippen molar-refractivity contribution in [3.63, 3.8) is 0 Å². The Morgan fingerprint density at radius 2 is 1.94 bits per heavy atom. The van der Waals surface area contributed by atoms with Gasteiger partial charge in [-0.3, -0.25) is 0 Å². The lowest BCUT2D eigenvalue weighted by Crippen LogP contribution is -2.56. The monoisotopic (exact) mass is 229 g/mol. The molecule has 4 nitrogen and oxygen atoms in total. The molecule has 0 aromatic rings. The number of methoxy groups -OCH3 is 1. The summed E-state index contributed by atoms with van der Waals surface area (Å²) in [5.41, 5.74) is 6.16. The van der Waals surface area contributed by atoms with E-state index in [1.165, 1.54) is 25.9 Å². The van der Waals surface area contributed by atoms with Crippen molar-refractivity contribution in [2.75, 3.05) is 54.0 Å². The Balaban J connectivity index is 2.32. The van der Waals surface area contributed by atoms with E-state index in [0.29, 0.717) is 0 Å². The standard InChI is InChI=1S/C12H27N3O/c1-14(2)12(11-13)5-8-15(9-6-12)7-4-10-16-3/h4-11,13H2,1-3H3. The van der Waals surface area contributed by atoms with Gasteiger partial charge in [-0.2, -0.15) is 0 Å². The molecule has 2 N–H and O–H groups in total. The summed E-state index contributed by atoms with van der Waals surface area (Å²) < 4.78 is 5.08. The van der Waals surface area contributed by atoms with Crippen LogP contribution in [0.2, 0.25) is 0 Å². The van der Waals surface area contributed by atoms with Crippen LogP contribution in [0.3, 0.4) is 0 Å². The van der Waals surface area contributed by atoms with Gasteiger partial charge in [0.05, 0.1) is 0 Å². The molecule has 4 heteroatoms. The molecule has 0 bridgehead atoms. The fraction of sp³-hybridized carbons (Fsp3) is 1.00. The summed E-state index contributed by atoms with van der Waals surface area (Å²) in [5.74, 6) is 0. The largest absolute Gasteiger partial charge is 0.385 e. The van der Waals surface area contributed by atoms with Crippen LogP contribution in [-0.4, -0.2) is 69.3 Å². The Bertz CT molecular complexity index is 189. The molecule has 0 spiro atoms. The molecular weight excluding hydrogens is 202 g/mol. The van der Waals surface area contributed by atoms with Crippen molar-refractivity contribution in [3.8, 4) is 0 Å². The van der Waals surface area contributed by atoms with E-state index in [1.807, 2.05) is 0 Å². The van der Waals surface area contributed by atoms with Gasteiger partial charge in [-0.15, -0.1) is 0 Å². The normalized spacial score (nSPS) is 21.6. The van der Waals surface area contributed by atoms with Crippen LogP contribution in [0.25, 0.3) is 0 Å². The first-order chi connectivity index (χ1) is 7.64. The van der Waals surface area contributed by atoms with Gasteiger partial charge >= 0.3 is 0 Å². The first-order valence-electron chi connectivity index (χ1n) is 6.23. The van der Waals surface area contributed by atoms with Gasteiger partial charge in [-0.1, -0.05) is 0 Å². The highest BCUT2D eigenvalue weighted by Gasteiger charge is 2.34. The van der Waals surface area contributed by atoms with E-state index < -0.39 is 0 Å². The van der Waals surface area contributed by atoms with Crippen LogP contribution in [-0.2, 0) is 4.74 Å². The summed E-state index contributed by atoms with van der Waals surface area (Å²) in [5, 5.41) is 0. The number of rotatable bonds is 6. The van der Waals surface area contributed by atoms with Crippen LogP contribution in [0.15, 0.2) is 0 Å². The molecule has 16 heavy (non-hydrogen) atoms. The van der Waals surface area contributed by atoms with Crippen LogP contribution < -0.4 is 5.73 Å². The second kappa shape index (κ2) is 6.55. The van der Waals surface area contributed by atoms with Crippen LogP contribution in [0.5, 0.6) is 0 Å². The van der Waals surface area contributed by atoms with Crippen LogP contribution >= 0.6 is 0 Å². The molecule has 1 saturated heterocycles. The van der Waals surface area contributed by atoms with Gasteiger partial charge in [-0.05, 0) is 46.4 Å². The Morgan fingerprint density at radius 3 is 2.38 bits per heavy atom. The van der Waals surface area contributed by atoms with E-state index in [2.05, 4.69) is 23.9 Å². The van der Waals surface area contributed by atoms with Crippen LogP contribution in [0, 0.1) is 0 Å². The molecule has 0 radical (unpaired) electrons. The minimum atomic E-state index is 0.234. The van der Waals surface area contributed by atoms with E-state index in [-0.39, 0.29) is 5.54 Å². The summed E-state index contributed by atoms with van der Waals surface area (Å²) in [6.07, 6.45) is 3.50. The van der Waals surface area contributed by atoms with Crippen LogP contribution in [0.4, 0.5) is 0 Å². The Labute approximate surface area is 99.7 Å². The molecule has 1 fully saturated rings. The Hall–Kier alpha value is -0.160. The summed E-state index contributed by atoms with van der Waals surface area (Å²) in [6.45, 7) is 5.12. The molecule has 1 rings (SSSR count). The number of nitrogens with zero attached hydrogens (tertiary/aromatic N) is 2. The van der Waals surface area contributed by atoms with Crippen molar-refractivity contribution in [3.05, 3.63) is 0 Å². The zero-order valence-corrected chi connectivity index (χ0v) is 11.0. The topological polar surface area (TPSA) is 41.7 Å². The molecule has 0 atom stereocenters. The number of ether oxygens (including phenoxy) is 1. The lowest BCUT2D eigenvalue weighted by molar-refractivity contribution is 0.0586. The smallest absolute Gasteiger partial charge is 0.0474 e. The number of nitrogens with two attached hydrogens (primary N) is 1. The maximum Gasteiger partial charge on any atom is 0.0474 e. The van der Waals surface area contributed by atoms with Gasteiger partial charge in [0.1, 0.15) is 0 Å². The first kappa shape index (κ1) is 13.9. The van der Waals surface area contributed by atoms with E-state index in [1.54, 1.807) is 7.11 Å². The molecule has 0 saturated carbocycles. The molecule has 0 aromatic carbocycles. The first-order valence-corrected chi connectivity index (χ1v) is 6.23. The molecule has 0 unspecified atom stereocenters. The quantitative estimate of drug-likeness (QED) is 0.669. The lowest BCUT2D eigenvalue weighted by atomic mass is 9.86. The molecule has 0 amide bonds. The zero-order valence-electron chi connectivity index (χ0n) is 11.0. The molecule has 1 heterocycles. The van der Waals surface area contributed by atoms with E-state index >= 15 is 0 Å². The van der Waals surface area contributed by atoms with E-state index in [9.17, 15) is 0 Å². The third-order valence-corrected chi connectivity index (χ3v) is 3.94. The molecule has 0 aliphatic carbocycles. The second-order valence-corrected chi connectivity index (χ2v) is 5.01. The highest BCUT2D eigenvalue weighted by Crippen LogP contribution is 2.25. The molecule has 0 aromatic heterocycles. The maximum atomic E-state index is 5.93. The predicted molar refractivity (Wildman–Crippen MR) is 67.6 cm³/mol. The lowest BCUT2D eigenvalue weighted by Gasteiger charge is -2.45. The van der Waals surface area contributed by atoms with Gasteiger partial charge in [0.2, 0.25) is 0 Å².